The molecule has 3 nitrogen and oxygen atoms in total. The molecule has 0 aromatic carbocycles. The normalized spacial score (nSPS) is 16.5. The molecule has 2 unspecified atom stereocenters. The van der Waals surface area contributed by atoms with E-state index >= 15 is 0 Å². The zero-order valence-corrected chi connectivity index (χ0v) is 11.0. The van der Waals surface area contributed by atoms with E-state index in [1.807, 2.05) is 19.9 Å². The van der Waals surface area contributed by atoms with Crippen molar-refractivity contribution in [3.63, 3.8) is 0 Å². The molecule has 0 spiro atoms. The molecular formula is C14H26N2O. The molecule has 0 aliphatic heterocycles. The van der Waals surface area contributed by atoms with Gasteiger partial charge in [0, 0.05) is 11.6 Å². The van der Waals surface area contributed by atoms with Crippen LogP contribution in [0.25, 0.3) is 0 Å². The molecule has 17 heavy (non-hydrogen) atoms. The molecule has 0 rings (SSSR count). The largest absolute Gasteiger partial charge is 0.385 e. The average molecular weight is 238 g/mol. The summed E-state index contributed by atoms with van der Waals surface area (Å²) in [6.45, 7) is 7.49. The highest BCUT2D eigenvalue weighted by molar-refractivity contribution is 5.07. The molecule has 2 atom stereocenters. The first-order valence-corrected chi connectivity index (χ1v) is 6.03. The Kier molecular flexibility index (Phi) is 7.79. The van der Waals surface area contributed by atoms with Gasteiger partial charge in [-0.1, -0.05) is 37.0 Å². The van der Waals surface area contributed by atoms with Gasteiger partial charge < -0.3 is 16.6 Å². The molecule has 0 fully saturated rings. The van der Waals surface area contributed by atoms with Crippen LogP contribution in [0.4, 0.5) is 0 Å². The highest BCUT2D eigenvalue weighted by atomic mass is 16.3. The summed E-state index contributed by atoms with van der Waals surface area (Å²) in [7, 11) is 0. The van der Waals surface area contributed by atoms with Crippen LogP contribution in [-0.2, 0) is 0 Å². The Morgan fingerprint density at radius 3 is 2.53 bits per heavy atom. The minimum Gasteiger partial charge on any atom is -0.385 e. The van der Waals surface area contributed by atoms with E-state index in [0.717, 1.165) is 19.3 Å². The van der Waals surface area contributed by atoms with Gasteiger partial charge in [-0.15, -0.1) is 0 Å². The van der Waals surface area contributed by atoms with Gasteiger partial charge in [-0.2, -0.15) is 0 Å². The maximum absolute atomic E-state index is 9.46. The van der Waals surface area contributed by atoms with E-state index in [2.05, 4.69) is 6.58 Å². The molecule has 0 aliphatic carbocycles. The van der Waals surface area contributed by atoms with E-state index in [-0.39, 0.29) is 11.6 Å². The van der Waals surface area contributed by atoms with Gasteiger partial charge in [0.05, 0.1) is 6.10 Å². The van der Waals surface area contributed by atoms with Gasteiger partial charge in [0.25, 0.3) is 0 Å². The second kappa shape index (κ2) is 8.23. The third kappa shape index (κ3) is 11.4. The van der Waals surface area contributed by atoms with Crippen LogP contribution in [0.3, 0.4) is 0 Å². The highest BCUT2D eigenvalue weighted by Gasteiger charge is 2.14. The van der Waals surface area contributed by atoms with E-state index < -0.39 is 6.10 Å². The van der Waals surface area contributed by atoms with Crippen molar-refractivity contribution in [1.82, 2.24) is 0 Å². The van der Waals surface area contributed by atoms with Crippen molar-refractivity contribution >= 4 is 0 Å². The summed E-state index contributed by atoms with van der Waals surface area (Å²) in [4.78, 5) is 0. The summed E-state index contributed by atoms with van der Waals surface area (Å²) in [6, 6.07) is 0.112. The first-order valence-electron chi connectivity index (χ1n) is 6.03. The molecule has 0 saturated heterocycles. The van der Waals surface area contributed by atoms with Gasteiger partial charge in [0.2, 0.25) is 0 Å². The fourth-order valence-corrected chi connectivity index (χ4v) is 1.58. The van der Waals surface area contributed by atoms with Crippen LogP contribution in [0, 0.1) is 0 Å². The second-order valence-electron chi connectivity index (χ2n) is 5.07. The summed E-state index contributed by atoms with van der Waals surface area (Å²) in [5.74, 6) is 0. The number of aliphatic hydroxyl groups excluding tert-OH is 1. The molecule has 0 aromatic heterocycles. The van der Waals surface area contributed by atoms with Gasteiger partial charge in [-0.25, -0.2) is 0 Å². The fraction of sp³-hybridized carbons (Fsp3) is 0.571. The van der Waals surface area contributed by atoms with Crippen molar-refractivity contribution in [2.75, 3.05) is 0 Å². The molecule has 0 saturated carbocycles. The SMILES string of the molecule is C=C/C=C/C(O)/C=C\CCC(N)CC(C)(C)N. The van der Waals surface area contributed by atoms with Crippen molar-refractivity contribution in [3.05, 3.63) is 37.0 Å². The molecule has 0 amide bonds. The van der Waals surface area contributed by atoms with Crippen LogP contribution < -0.4 is 11.5 Å². The van der Waals surface area contributed by atoms with Gasteiger partial charge in [0.15, 0.2) is 0 Å². The van der Waals surface area contributed by atoms with Gasteiger partial charge in [-0.3, -0.25) is 0 Å². The zero-order valence-electron chi connectivity index (χ0n) is 11.0. The summed E-state index contributed by atoms with van der Waals surface area (Å²) in [5.41, 5.74) is 11.6. The molecule has 3 heteroatoms. The average Bonchev–Trinajstić information content (AvgIpc) is 2.19. The van der Waals surface area contributed by atoms with E-state index in [9.17, 15) is 5.11 Å². The molecule has 5 N–H and O–H groups in total. The predicted molar refractivity (Wildman–Crippen MR) is 74.6 cm³/mol. The second-order valence-corrected chi connectivity index (χ2v) is 5.07. The van der Waals surface area contributed by atoms with Crippen LogP contribution in [0.15, 0.2) is 37.0 Å². The molecule has 0 radical (unpaired) electrons. The lowest BCUT2D eigenvalue weighted by molar-refractivity contribution is 0.271. The third-order valence-corrected chi connectivity index (χ3v) is 2.27. The Hall–Kier alpha value is -0.900. The van der Waals surface area contributed by atoms with E-state index in [0.29, 0.717) is 0 Å². The number of rotatable bonds is 8. The predicted octanol–water partition coefficient (Wildman–Crippen LogP) is 1.88. The molecule has 0 aromatic rings. The molecule has 0 bridgehead atoms. The molecule has 0 aliphatic rings. The van der Waals surface area contributed by atoms with Crippen molar-refractivity contribution in [1.29, 1.82) is 0 Å². The maximum atomic E-state index is 9.46. The highest BCUT2D eigenvalue weighted by Crippen LogP contribution is 2.10. The van der Waals surface area contributed by atoms with Crippen LogP contribution in [0.2, 0.25) is 0 Å². The molecular weight excluding hydrogens is 212 g/mol. The van der Waals surface area contributed by atoms with Gasteiger partial charge >= 0.3 is 0 Å². The number of hydrogen-bond acceptors (Lipinski definition) is 3. The topological polar surface area (TPSA) is 72.3 Å². The van der Waals surface area contributed by atoms with Crippen molar-refractivity contribution in [3.8, 4) is 0 Å². The Morgan fingerprint density at radius 1 is 1.35 bits per heavy atom. The lowest BCUT2D eigenvalue weighted by Gasteiger charge is -2.22. The first kappa shape index (κ1) is 16.1. The summed E-state index contributed by atoms with van der Waals surface area (Å²) >= 11 is 0. The van der Waals surface area contributed by atoms with E-state index in [1.54, 1.807) is 24.3 Å². The summed E-state index contributed by atoms with van der Waals surface area (Å²) in [6.07, 6.45) is 10.7. The summed E-state index contributed by atoms with van der Waals surface area (Å²) < 4.78 is 0. The standard InChI is InChI=1S/C14H26N2O/c1-4-5-9-13(17)10-7-6-8-12(15)11-14(2,3)16/h4-5,7,9-10,12-13,17H,1,6,8,11,15-16H2,2-3H3/b9-5+,10-7-. The molecule has 0 heterocycles. The Labute approximate surface area is 105 Å². The van der Waals surface area contributed by atoms with Crippen LogP contribution in [0.1, 0.15) is 33.1 Å². The third-order valence-electron chi connectivity index (χ3n) is 2.27. The zero-order chi connectivity index (χ0) is 13.3. The van der Waals surface area contributed by atoms with Crippen LogP contribution in [-0.4, -0.2) is 22.8 Å². The van der Waals surface area contributed by atoms with Crippen molar-refractivity contribution in [2.45, 2.75) is 50.8 Å². The maximum Gasteiger partial charge on any atom is 0.0905 e. The number of nitrogens with two attached hydrogens (primary N) is 2. The van der Waals surface area contributed by atoms with E-state index in [1.165, 1.54) is 0 Å². The monoisotopic (exact) mass is 238 g/mol. The smallest absolute Gasteiger partial charge is 0.0905 e. The molecule has 98 valence electrons. The number of aliphatic hydroxyl groups is 1. The lowest BCUT2D eigenvalue weighted by Crippen LogP contribution is -2.39. The lowest BCUT2D eigenvalue weighted by atomic mass is 9.94. The quantitative estimate of drug-likeness (QED) is 0.446. The number of allylic oxidation sites excluding steroid dienone is 3. The van der Waals surface area contributed by atoms with E-state index in [4.69, 9.17) is 11.5 Å². The Morgan fingerprint density at radius 2 is 2.00 bits per heavy atom. The minimum atomic E-state index is -0.546. The summed E-state index contributed by atoms with van der Waals surface area (Å²) in [5, 5.41) is 9.46. The fourth-order valence-electron chi connectivity index (χ4n) is 1.58. The Bertz CT molecular complexity index is 264. The first-order chi connectivity index (χ1) is 7.85. The number of hydrogen-bond donors (Lipinski definition) is 3. The van der Waals surface area contributed by atoms with Crippen molar-refractivity contribution < 1.29 is 5.11 Å². The van der Waals surface area contributed by atoms with Crippen molar-refractivity contribution in [2.24, 2.45) is 11.5 Å². The van der Waals surface area contributed by atoms with Crippen LogP contribution in [0.5, 0.6) is 0 Å². The van der Waals surface area contributed by atoms with Gasteiger partial charge in [-0.05, 0) is 33.1 Å². The van der Waals surface area contributed by atoms with Gasteiger partial charge in [0.1, 0.15) is 0 Å². The minimum absolute atomic E-state index is 0.112. The van der Waals surface area contributed by atoms with Crippen LogP contribution >= 0.6 is 0 Å². The Balaban J connectivity index is 3.79.